The summed E-state index contributed by atoms with van der Waals surface area (Å²) in [6.07, 6.45) is 0.876. The number of nitrogens with two attached hydrogens (primary N) is 1. The van der Waals surface area contributed by atoms with E-state index >= 15 is 0 Å². The molecular formula is C10H12N2O. The van der Waals surface area contributed by atoms with E-state index in [4.69, 9.17) is 5.73 Å². The Labute approximate surface area is 76.9 Å². The first-order chi connectivity index (χ1) is 6.31. The van der Waals surface area contributed by atoms with E-state index in [1.165, 1.54) is 5.56 Å². The van der Waals surface area contributed by atoms with E-state index in [0.29, 0.717) is 13.1 Å². The Kier molecular flexibility index (Phi) is 2.02. The van der Waals surface area contributed by atoms with Crippen LogP contribution in [-0.4, -0.2) is 12.5 Å². The highest BCUT2D eigenvalue weighted by atomic mass is 16.1. The summed E-state index contributed by atoms with van der Waals surface area (Å²) >= 11 is 0. The van der Waals surface area contributed by atoms with Gasteiger partial charge in [0.15, 0.2) is 0 Å². The zero-order chi connectivity index (χ0) is 9.26. The smallest absolute Gasteiger partial charge is 0.251 e. The molecule has 0 aromatic heterocycles. The second-order valence-electron chi connectivity index (χ2n) is 3.21. The van der Waals surface area contributed by atoms with Gasteiger partial charge in [0.2, 0.25) is 0 Å². The highest BCUT2D eigenvalue weighted by Crippen LogP contribution is 2.17. The first kappa shape index (κ1) is 8.26. The van der Waals surface area contributed by atoms with Crippen molar-refractivity contribution in [2.75, 3.05) is 6.54 Å². The highest BCUT2D eigenvalue weighted by Gasteiger charge is 2.17. The van der Waals surface area contributed by atoms with E-state index in [-0.39, 0.29) is 5.91 Å². The molecule has 1 aliphatic heterocycles. The zero-order valence-corrected chi connectivity index (χ0v) is 7.34. The molecule has 0 fully saturated rings. The molecule has 3 nitrogen and oxygen atoms in total. The Morgan fingerprint density at radius 3 is 3.08 bits per heavy atom. The van der Waals surface area contributed by atoms with Crippen LogP contribution in [-0.2, 0) is 13.0 Å². The Morgan fingerprint density at radius 1 is 1.46 bits per heavy atom. The minimum Gasteiger partial charge on any atom is -0.348 e. The quantitative estimate of drug-likeness (QED) is 0.686. The molecule has 0 bridgehead atoms. The van der Waals surface area contributed by atoms with Gasteiger partial charge in [-0.25, -0.2) is 0 Å². The van der Waals surface area contributed by atoms with E-state index < -0.39 is 0 Å². The van der Waals surface area contributed by atoms with E-state index in [1.807, 2.05) is 12.1 Å². The summed E-state index contributed by atoms with van der Waals surface area (Å²) in [4.78, 5) is 11.2. The van der Waals surface area contributed by atoms with Crippen LogP contribution in [0.25, 0.3) is 0 Å². The van der Waals surface area contributed by atoms with Gasteiger partial charge in [0.25, 0.3) is 5.91 Å². The maximum absolute atomic E-state index is 11.2. The van der Waals surface area contributed by atoms with Crippen molar-refractivity contribution in [2.24, 2.45) is 5.73 Å². The molecule has 0 saturated carbocycles. The summed E-state index contributed by atoms with van der Waals surface area (Å²) in [5.41, 5.74) is 8.56. The molecule has 0 atom stereocenters. The standard InChI is InChI=1S/C10H12N2O/c11-4-3-7-1-2-9-8(5-7)6-12-10(9)13/h1-2,5H,3-4,6,11H2,(H,12,13). The number of carbonyl (C=O) groups is 1. The second kappa shape index (κ2) is 3.18. The van der Waals surface area contributed by atoms with Crippen molar-refractivity contribution in [1.29, 1.82) is 0 Å². The molecule has 1 aromatic carbocycles. The summed E-state index contributed by atoms with van der Waals surface area (Å²) in [6.45, 7) is 1.31. The van der Waals surface area contributed by atoms with Crippen molar-refractivity contribution >= 4 is 5.91 Å². The molecular weight excluding hydrogens is 164 g/mol. The number of hydrogen-bond donors (Lipinski definition) is 2. The number of carbonyl (C=O) groups excluding carboxylic acids is 1. The topological polar surface area (TPSA) is 55.1 Å². The molecule has 68 valence electrons. The number of rotatable bonds is 2. The van der Waals surface area contributed by atoms with Crippen LogP contribution in [0.2, 0.25) is 0 Å². The third-order valence-corrected chi connectivity index (χ3v) is 2.29. The van der Waals surface area contributed by atoms with Crippen LogP contribution in [0.3, 0.4) is 0 Å². The SMILES string of the molecule is NCCc1ccc2c(c1)CNC2=O. The Hall–Kier alpha value is -1.35. The lowest BCUT2D eigenvalue weighted by atomic mass is 10.0. The van der Waals surface area contributed by atoms with Crippen LogP contribution < -0.4 is 11.1 Å². The Balaban J connectivity index is 2.34. The summed E-state index contributed by atoms with van der Waals surface area (Å²) < 4.78 is 0. The highest BCUT2D eigenvalue weighted by molar-refractivity contribution is 5.98. The molecule has 3 heteroatoms. The lowest BCUT2D eigenvalue weighted by Crippen LogP contribution is -2.12. The van der Waals surface area contributed by atoms with Crippen LogP contribution in [0.15, 0.2) is 18.2 Å². The molecule has 0 unspecified atom stereocenters. The number of fused-ring (bicyclic) bond motifs is 1. The fourth-order valence-electron chi connectivity index (χ4n) is 1.61. The fraction of sp³-hybridized carbons (Fsp3) is 0.300. The molecule has 1 aliphatic rings. The molecule has 2 rings (SSSR count). The lowest BCUT2D eigenvalue weighted by molar-refractivity contribution is 0.0966. The largest absolute Gasteiger partial charge is 0.348 e. The zero-order valence-electron chi connectivity index (χ0n) is 7.34. The van der Waals surface area contributed by atoms with Gasteiger partial charge in [-0.1, -0.05) is 12.1 Å². The maximum Gasteiger partial charge on any atom is 0.251 e. The summed E-state index contributed by atoms with van der Waals surface area (Å²) in [5.74, 6) is 0.0364. The molecule has 1 amide bonds. The van der Waals surface area contributed by atoms with Gasteiger partial charge < -0.3 is 11.1 Å². The Morgan fingerprint density at radius 2 is 2.31 bits per heavy atom. The van der Waals surface area contributed by atoms with Crippen LogP contribution in [0.5, 0.6) is 0 Å². The minimum atomic E-state index is 0.0364. The van der Waals surface area contributed by atoms with E-state index in [2.05, 4.69) is 11.4 Å². The number of hydrogen-bond acceptors (Lipinski definition) is 2. The molecule has 0 saturated heterocycles. The van der Waals surface area contributed by atoms with Gasteiger partial charge in [-0.3, -0.25) is 4.79 Å². The summed E-state index contributed by atoms with van der Waals surface area (Å²) in [5, 5.41) is 2.78. The van der Waals surface area contributed by atoms with Gasteiger partial charge in [-0.2, -0.15) is 0 Å². The van der Waals surface area contributed by atoms with Crippen molar-refractivity contribution in [3.63, 3.8) is 0 Å². The average molecular weight is 176 g/mol. The summed E-state index contributed by atoms with van der Waals surface area (Å²) in [6, 6.07) is 5.90. The summed E-state index contributed by atoms with van der Waals surface area (Å²) in [7, 11) is 0. The first-order valence-electron chi connectivity index (χ1n) is 4.41. The van der Waals surface area contributed by atoms with Gasteiger partial charge in [0.1, 0.15) is 0 Å². The normalized spacial score (nSPS) is 14.1. The predicted octanol–water partition coefficient (Wildman–Crippen LogP) is 0.431. The molecule has 13 heavy (non-hydrogen) atoms. The maximum atomic E-state index is 11.2. The van der Waals surface area contributed by atoms with Crippen LogP contribution >= 0.6 is 0 Å². The number of nitrogens with one attached hydrogen (secondary N) is 1. The van der Waals surface area contributed by atoms with E-state index in [1.54, 1.807) is 0 Å². The monoisotopic (exact) mass is 176 g/mol. The van der Waals surface area contributed by atoms with Crippen LogP contribution in [0, 0.1) is 0 Å². The van der Waals surface area contributed by atoms with E-state index in [0.717, 1.165) is 17.5 Å². The molecule has 0 spiro atoms. The molecule has 0 radical (unpaired) electrons. The predicted molar refractivity (Wildman–Crippen MR) is 50.4 cm³/mol. The average Bonchev–Trinajstić information content (AvgIpc) is 2.48. The minimum absolute atomic E-state index is 0.0364. The molecule has 1 aromatic rings. The third kappa shape index (κ3) is 1.42. The second-order valence-corrected chi connectivity index (χ2v) is 3.21. The first-order valence-corrected chi connectivity index (χ1v) is 4.41. The van der Waals surface area contributed by atoms with Crippen molar-refractivity contribution in [3.05, 3.63) is 34.9 Å². The van der Waals surface area contributed by atoms with Gasteiger partial charge in [0, 0.05) is 12.1 Å². The van der Waals surface area contributed by atoms with E-state index in [9.17, 15) is 4.79 Å². The molecule has 1 heterocycles. The molecule has 3 N–H and O–H groups in total. The number of amides is 1. The fourth-order valence-corrected chi connectivity index (χ4v) is 1.61. The molecule has 0 aliphatic carbocycles. The van der Waals surface area contributed by atoms with Crippen LogP contribution in [0.1, 0.15) is 21.5 Å². The van der Waals surface area contributed by atoms with Gasteiger partial charge in [-0.15, -0.1) is 0 Å². The van der Waals surface area contributed by atoms with Crippen LogP contribution in [0.4, 0.5) is 0 Å². The Bertz CT molecular complexity index is 347. The third-order valence-electron chi connectivity index (χ3n) is 2.29. The van der Waals surface area contributed by atoms with Gasteiger partial charge in [0.05, 0.1) is 0 Å². The van der Waals surface area contributed by atoms with Gasteiger partial charge in [-0.05, 0) is 30.2 Å². The van der Waals surface area contributed by atoms with Crippen molar-refractivity contribution in [1.82, 2.24) is 5.32 Å². The van der Waals surface area contributed by atoms with Crippen molar-refractivity contribution in [2.45, 2.75) is 13.0 Å². The van der Waals surface area contributed by atoms with Crippen molar-refractivity contribution in [3.8, 4) is 0 Å². The number of benzene rings is 1. The van der Waals surface area contributed by atoms with Gasteiger partial charge >= 0.3 is 0 Å². The van der Waals surface area contributed by atoms with Crippen molar-refractivity contribution < 1.29 is 4.79 Å². The lowest BCUT2D eigenvalue weighted by Gasteiger charge is -2.00.